The quantitative estimate of drug-likeness (QED) is 0.528. The number of esters is 1. The van der Waals surface area contributed by atoms with Gasteiger partial charge in [-0.05, 0) is 25.7 Å². The molecule has 22 heavy (non-hydrogen) atoms. The van der Waals surface area contributed by atoms with Gasteiger partial charge in [-0.3, -0.25) is 9.59 Å². The van der Waals surface area contributed by atoms with Crippen molar-refractivity contribution in [3.05, 3.63) is 0 Å². The van der Waals surface area contributed by atoms with Crippen LogP contribution in [0.5, 0.6) is 0 Å². The van der Waals surface area contributed by atoms with Crippen LogP contribution < -0.4 is 0 Å². The highest BCUT2D eigenvalue weighted by atomic mass is 16.5. The van der Waals surface area contributed by atoms with Crippen molar-refractivity contribution in [2.24, 2.45) is 11.8 Å². The topological polar surface area (TPSA) is 43.4 Å². The summed E-state index contributed by atoms with van der Waals surface area (Å²) in [4.78, 5) is 24.6. The molecule has 128 valence electrons. The zero-order valence-electron chi connectivity index (χ0n) is 14.6. The predicted molar refractivity (Wildman–Crippen MR) is 89.7 cm³/mol. The maximum absolute atomic E-state index is 12.5. The molecule has 1 fully saturated rings. The van der Waals surface area contributed by atoms with Crippen LogP contribution in [0, 0.1) is 11.8 Å². The van der Waals surface area contributed by atoms with Gasteiger partial charge in [-0.15, -0.1) is 0 Å². The standard InChI is InChI=1S/C19H34O3/c1-3-22-19(21)18-16(2)14-12-10-8-6-4-5-7-9-11-13-15-17(18)20/h16,18H,3-15H2,1-2H3/t16-,18?/m1/s1. The average Bonchev–Trinajstić information content (AvgIpc) is 2.48. The Bertz CT molecular complexity index is 325. The van der Waals surface area contributed by atoms with E-state index in [4.69, 9.17) is 4.74 Å². The SMILES string of the molecule is CCOC(=O)C1C(=O)CCCCCCCCCCCC[C@H]1C. The third kappa shape index (κ3) is 7.42. The molecular formula is C19H34O3. The number of hydrogen-bond acceptors (Lipinski definition) is 3. The van der Waals surface area contributed by atoms with E-state index < -0.39 is 5.92 Å². The van der Waals surface area contributed by atoms with Gasteiger partial charge in [-0.2, -0.15) is 0 Å². The number of rotatable bonds is 2. The monoisotopic (exact) mass is 310 g/mol. The van der Waals surface area contributed by atoms with E-state index in [1.54, 1.807) is 6.92 Å². The fourth-order valence-electron chi connectivity index (χ4n) is 3.42. The van der Waals surface area contributed by atoms with E-state index in [0.717, 1.165) is 25.7 Å². The first-order valence-corrected chi connectivity index (χ1v) is 9.36. The lowest BCUT2D eigenvalue weighted by Gasteiger charge is -2.21. The predicted octanol–water partition coefficient (Wildman–Crippen LogP) is 5.07. The van der Waals surface area contributed by atoms with Gasteiger partial charge in [0.1, 0.15) is 11.7 Å². The second-order valence-corrected chi connectivity index (χ2v) is 6.75. The summed E-state index contributed by atoms with van der Waals surface area (Å²) in [6.45, 7) is 4.20. The van der Waals surface area contributed by atoms with E-state index in [1.807, 2.05) is 6.92 Å². The second kappa shape index (κ2) is 11.7. The number of ketones is 1. The average molecular weight is 310 g/mol. The molecule has 1 unspecified atom stereocenters. The molecule has 1 saturated carbocycles. The fourth-order valence-corrected chi connectivity index (χ4v) is 3.42. The Morgan fingerprint density at radius 1 is 0.955 bits per heavy atom. The summed E-state index contributed by atoms with van der Waals surface area (Å²) in [5, 5.41) is 0. The van der Waals surface area contributed by atoms with Crippen LogP contribution in [0.25, 0.3) is 0 Å². The molecule has 3 heteroatoms. The van der Waals surface area contributed by atoms with Gasteiger partial charge in [-0.25, -0.2) is 0 Å². The van der Waals surface area contributed by atoms with Crippen LogP contribution in [-0.4, -0.2) is 18.4 Å². The Morgan fingerprint density at radius 2 is 1.45 bits per heavy atom. The van der Waals surface area contributed by atoms with Crippen molar-refractivity contribution in [1.82, 2.24) is 0 Å². The van der Waals surface area contributed by atoms with Gasteiger partial charge in [0.05, 0.1) is 6.61 Å². The minimum Gasteiger partial charge on any atom is -0.465 e. The van der Waals surface area contributed by atoms with Crippen molar-refractivity contribution in [3.63, 3.8) is 0 Å². The molecule has 0 aliphatic heterocycles. The lowest BCUT2D eigenvalue weighted by Crippen LogP contribution is -2.32. The number of Topliss-reactive ketones (excluding diaryl/α,β-unsaturated/α-hetero) is 1. The van der Waals surface area contributed by atoms with E-state index >= 15 is 0 Å². The Morgan fingerprint density at radius 3 is 2.00 bits per heavy atom. The van der Waals surface area contributed by atoms with Crippen molar-refractivity contribution in [1.29, 1.82) is 0 Å². The molecule has 1 rings (SSSR count). The molecule has 0 heterocycles. The van der Waals surface area contributed by atoms with E-state index in [-0.39, 0.29) is 17.7 Å². The van der Waals surface area contributed by atoms with E-state index in [9.17, 15) is 9.59 Å². The summed E-state index contributed by atoms with van der Waals surface area (Å²) in [5.41, 5.74) is 0. The molecule has 1 aliphatic carbocycles. The molecule has 1 aliphatic rings. The summed E-state index contributed by atoms with van der Waals surface area (Å²) in [6.07, 6.45) is 13.6. The first kappa shape index (κ1) is 19.2. The molecule has 0 spiro atoms. The van der Waals surface area contributed by atoms with Crippen LogP contribution in [0.4, 0.5) is 0 Å². The zero-order chi connectivity index (χ0) is 16.2. The molecule has 0 aromatic carbocycles. The van der Waals surface area contributed by atoms with Crippen LogP contribution in [0.3, 0.4) is 0 Å². The van der Waals surface area contributed by atoms with Gasteiger partial charge in [0.25, 0.3) is 0 Å². The highest BCUT2D eigenvalue weighted by Gasteiger charge is 2.32. The molecule has 0 amide bonds. The third-order valence-electron chi connectivity index (χ3n) is 4.79. The number of ether oxygens (including phenoxy) is 1. The van der Waals surface area contributed by atoms with Crippen molar-refractivity contribution in [2.45, 2.75) is 90.9 Å². The van der Waals surface area contributed by atoms with Gasteiger partial charge in [0.15, 0.2) is 0 Å². The largest absolute Gasteiger partial charge is 0.465 e. The Hall–Kier alpha value is -0.860. The summed E-state index contributed by atoms with van der Waals surface area (Å²) in [5.74, 6) is -0.633. The fraction of sp³-hybridized carbons (Fsp3) is 0.895. The molecule has 0 bridgehead atoms. The van der Waals surface area contributed by atoms with Crippen molar-refractivity contribution >= 4 is 11.8 Å². The lowest BCUT2D eigenvalue weighted by molar-refractivity contribution is -0.153. The van der Waals surface area contributed by atoms with Crippen molar-refractivity contribution < 1.29 is 14.3 Å². The summed E-state index contributed by atoms with van der Waals surface area (Å²) in [7, 11) is 0. The van der Waals surface area contributed by atoms with E-state index in [0.29, 0.717) is 13.0 Å². The maximum atomic E-state index is 12.5. The molecule has 0 saturated heterocycles. The molecule has 0 N–H and O–H groups in total. The Balaban J connectivity index is 2.62. The summed E-state index contributed by atoms with van der Waals surface area (Å²) >= 11 is 0. The van der Waals surface area contributed by atoms with Crippen molar-refractivity contribution in [3.8, 4) is 0 Å². The van der Waals surface area contributed by atoms with Crippen LogP contribution in [0.1, 0.15) is 90.9 Å². The number of carbonyl (C=O) groups is 2. The summed E-state index contributed by atoms with van der Waals surface area (Å²) < 4.78 is 5.15. The number of carbonyl (C=O) groups excluding carboxylic acids is 2. The first-order chi connectivity index (χ1) is 10.7. The highest BCUT2D eigenvalue weighted by Crippen LogP contribution is 2.24. The van der Waals surface area contributed by atoms with Gasteiger partial charge >= 0.3 is 5.97 Å². The van der Waals surface area contributed by atoms with Crippen molar-refractivity contribution in [2.75, 3.05) is 6.61 Å². The minimum absolute atomic E-state index is 0.0980. The zero-order valence-corrected chi connectivity index (χ0v) is 14.6. The summed E-state index contributed by atoms with van der Waals surface area (Å²) in [6, 6.07) is 0. The van der Waals surface area contributed by atoms with E-state index in [1.165, 1.54) is 44.9 Å². The highest BCUT2D eigenvalue weighted by molar-refractivity contribution is 5.99. The maximum Gasteiger partial charge on any atom is 0.316 e. The molecular weight excluding hydrogens is 276 g/mol. The molecule has 0 aromatic rings. The molecule has 0 radical (unpaired) electrons. The van der Waals surface area contributed by atoms with Crippen LogP contribution in [0.15, 0.2) is 0 Å². The molecule has 3 nitrogen and oxygen atoms in total. The first-order valence-electron chi connectivity index (χ1n) is 9.36. The van der Waals surface area contributed by atoms with Gasteiger partial charge in [0.2, 0.25) is 0 Å². The van der Waals surface area contributed by atoms with Crippen LogP contribution in [-0.2, 0) is 14.3 Å². The second-order valence-electron chi connectivity index (χ2n) is 6.75. The van der Waals surface area contributed by atoms with Gasteiger partial charge in [-0.1, -0.05) is 64.7 Å². The minimum atomic E-state index is -0.537. The normalized spacial score (nSPS) is 26.7. The molecule has 2 atom stereocenters. The lowest BCUT2D eigenvalue weighted by atomic mass is 9.84. The van der Waals surface area contributed by atoms with Gasteiger partial charge in [0, 0.05) is 6.42 Å². The smallest absolute Gasteiger partial charge is 0.316 e. The van der Waals surface area contributed by atoms with Crippen LogP contribution in [0.2, 0.25) is 0 Å². The number of hydrogen-bond donors (Lipinski definition) is 0. The third-order valence-corrected chi connectivity index (χ3v) is 4.79. The van der Waals surface area contributed by atoms with Crippen LogP contribution >= 0.6 is 0 Å². The Labute approximate surface area is 136 Å². The van der Waals surface area contributed by atoms with E-state index in [2.05, 4.69) is 0 Å². The molecule has 0 aromatic heterocycles. The van der Waals surface area contributed by atoms with Gasteiger partial charge < -0.3 is 4.74 Å². The Kier molecular flexibility index (Phi) is 10.2.